The topological polar surface area (TPSA) is 68.0 Å². The maximum Gasteiger partial charge on any atom is 0.228 e. The first-order valence-electron chi connectivity index (χ1n) is 5.39. The molecule has 0 fully saturated rings. The summed E-state index contributed by atoms with van der Waals surface area (Å²) in [5, 5.41) is 3.30. The third-order valence-electron chi connectivity index (χ3n) is 2.43. The summed E-state index contributed by atoms with van der Waals surface area (Å²) in [4.78, 5) is 15.7. The van der Waals surface area contributed by atoms with Gasteiger partial charge in [-0.25, -0.2) is 0 Å². The van der Waals surface area contributed by atoms with E-state index in [1.807, 2.05) is 18.2 Å². The number of anilines is 2. The van der Waals surface area contributed by atoms with Gasteiger partial charge in [0.15, 0.2) is 0 Å². The monoisotopic (exact) mass is 261 g/mol. The molecule has 18 heavy (non-hydrogen) atoms. The Morgan fingerprint density at radius 2 is 2.11 bits per heavy atom. The third-order valence-corrected chi connectivity index (χ3v) is 2.80. The van der Waals surface area contributed by atoms with Gasteiger partial charge >= 0.3 is 0 Å². The summed E-state index contributed by atoms with van der Waals surface area (Å²) in [7, 11) is 0. The molecule has 2 aromatic rings. The van der Waals surface area contributed by atoms with Crippen molar-refractivity contribution in [3.63, 3.8) is 0 Å². The van der Waals surface area contributed by atoms with Crippen LogP contribution in [0, 0.1) is 0 Å². The van der Waals surface area contributed by atoms with Gasteiger partial charge in [-0.15, -0.1) is 0 Å². The summed E-state index contributed by atoms with van der Waals surface area (Å²) in [5.74, 6) is -0.166. The van der Waals surface area contributed by atoms with Crippen molar-refractivity contribution in [1.29, 1.82) is 0 Å². The van der Waals surface area contributed by atoms with Gasteiger partial charge in [0.2, 0.25) is 5.91 Å². The van der Waals surface area contributed by atoms with Crippen LogP contribution in [0.3, 0.4) is 0 Å². The molecule has 0 unspecified atom stereocenters. The molecule has 0 aliphatic carbocycles. The first kappa shape index (κ1) is 12.4. The van der Waals surface area contributed by atoms with E-state index in [2.05, 4.69) is 10.3 Å². The fraction of sp³-hybridized carbons (Fsp3) is 0.0769. The molecule has 3 N–H and O–H groups in total. The zero-order valence-corrected chi connectivity index (χ0v) is 10.3. The highest BCUT2D eigenvalue weighted by atomic mass is 35.5. The molecule has 2 rings (SSSR count). The predicted octanol–water partition coefficient (Wildman–Crippen LogP) is 2.50. The van der Waals surface area contributed by atoms with Gasteiger partial charge in [0.25, 0.3) is 0 Å². The van der Waals surface area contributed by atoms with Crippen LogP contribution in [0.5, 0.6) is 0 Å². The number of hydrogen-bond acceptors (Lipinski definition) is 3. The second-order valence-electron chi connectivity index (χ2n) is 3.78. The maximum absolute atomic E-state index is 11.8. The summed E-state index contributed by atoms with van der Waals surface area (Å²) in [6.45, 7) is 0. The normalized spacial score (nSPS) is 10.1. The van der Waals surface area contributed by atoms with Crippen LogP contribution in [0.2, 0.25) is 5.02 Å². The van der Waals surface area contributed by atoms with Crippen molar-refractivity contribution in [2.75, 3.05) is 11.1 Å². The fourth-order valence-electron chi connectivity index (χ4n) is 1.53. The minimum atomic E-state index is -0.166. The molecular weight excluding hydrogens is 250 g/mol. The Hall–Kier alpha value is -2.07. The number of hydrogen-bond donors (Lipinski definition) is 2. The number of halogens is 1. The second kappa shape index (κ2) is 5.51. The van der Waals surface area contributed by atoms with E-state index in [0.29, 0.717) is 16.4 Å². The molecule has 0 aliphatic rings. The predicted molar refractivity (Wildman–Crippen MR) is 72.4 cm³/mol. The highest BCUT2D eigenvalue weighted by Crippen LogP contribution is 2.18. The lowest BCUT2D eigenvalue weighted by molar-refractivity contribution is -0.115. The van der Waals surface area contributed by atoms with E-state index in [1.165, 1.54) is 6.20 Å². The maximum atomic E-state index is 11.8. The summed E-state index contributed by atoms with van der Waals surface area (Å²) < 4.78 is 0. The van der Waals surface area contributed by atoms with Gasteiger partial charge in [-0.2, -0.15) is 0 Å². The van der Waals surface area contributed by atoms with Gasteiger partial charge in [-0.05, 0) is 17.7 Å². The summed E-state index contributed by atoms with van der Waals surface area (Å²) >= 11 is 5.99. The smallest absolute Gasteiger partial charge is 0.228 e. The van der Waals surface area contributed by atoms with E-state index < -0.39 is 0 Å². The number of nitrogens with zero attached hydrogens (tertiary/aromatic N) is 1. The lowest BCUT2D eigenvalue weighted by Gasteiger charge is -2.08. The summed E-state index contributed by atoms with van der Waals surface area (Å²) in [5.41, 5.74) is 7.46. The largest absolute Gasteiger partial charge is 0.396 e. The Kier molecular flexibility index (Phi) is 3.79. The standard InChI is InChI=1S/C13H12ClN3O/c14-10-4-2-1-3-9(10)7-13(18)17-12-5-6-16-8-11(12)15/h1-6,8H,7,15H2,(H,16,17,18). The molecule has 1 aromatic heterocycles. The van der Waals surface area contributed by atoms with Gasteiger partial charge < -0.3 is 11.1 Å². The average molecular weight is 262 g/mol. The average Bonchev–Trinajstić information content (AvgIpc) is 2.35. The van der Waals surface area contributed by atoms with Crippen LogP contribution in [0.1, 0.15) is 5.56 Å². The highest BCUT2D eigenvalue weighted by molar-refractivity contribution is 6.31. The number of amides is 1. The molecule has 0 bridgehead atoms. The van der Waals surface area contributed by atoms with E-state index >= 15 is 0 Å². The minimum Gasteiger partial charge on any atom is -0.396 e. The van der Waals surface area contributed by atoms with Crippen molar-refractivity contribution in [3.05, 3.63) is 53.3 Å². The van der Waals surface area contributed by atoms with Crippen molar-refractivity contribution < 1.29 is 4.79 Å². The van der Waals surface area contributed by atoms with Crippen molar-refractivity contribution >= 4 is 28.9 Å². The zero-order chi connectivity index (χ0) is 13.0. The first-order chi connectivity index (χ1) is 8.66. The van der Waals surface area contributed by atoms with E-state index in [1.54, 1.807) is 18.3 Å². The van der Waals surface area contributed by atoms with E-state index in [-0.39, 0.29) is 12.3 Å². The van der Waals surface area contributed by atoms with Crippen LogP contribution in [-0.4, -0.2) is 10.9 Å². The van der Waals surface area contributed by atoms with Crippen LogP contribution in [0.25, 0.3) is 0 Å². The van der Waals surface area contributed by atoms with E-state index in [4.69, 9.17) is 17.3 Å². The summed E-state index contributed by atoms with van der Waals surface area (Å²) in [6.07, 6.45) is 3.27. The van der Waals surface area contributed by atoms with Gasteiger partial charge in [0, 0.05) is 11.2 Å². The molecule has 0 radical (unpaired) electrons. The van der Waals surface area contributed by atoms with Crippen LogP contribution in [0.15, 0.2) is 42.7 Å². The highest BCUT2D eigenvalue weighted by Gasteiger charge is 2.08. The molecular formula is C13H12ClN3O. The fourth-order valence-corrected chi connectivity index (χ4v) is 1.73. The molecule has 0 atom stereocenters. The lowest BCUT2D eigenvalue weighted by Crippen LogP contribution is -2.15. The molecule has 5 heteroatoms. The van der Waals surface area contributed by atoms with Gasteiger partial charge in [-0.3, -0.25) is 9.78 Å². The minimum absolute atomic E-state index is 0.166. The number of benzene rings is 1. The Balaban J connectivity index is 2.06. The van der Waals surface area contributed by atoms with Crippen LogP contribution < -0.4 is 11.1 Å². The van der Waals surface area contributed by atoms with Gasteiger partial charge in [0.05, 0.1) is 24.0 Å². The molecule has 1 amide bonds. The van der Waals surface area contributed by atoms with Crippen molar-refractivity contribution in [2.24, 2.45) is 0 Å². The molecule has 0 saturated carbocycles. The molecule has 0 aliphatic heterocycles. The number of nitrogens with one attached hydrogen (secondary N) is 1. The number of pyridine rings is 1. The number of rotatable bonds is 3. The Bertz CT molecular complexity index is 522. The zero-order valence-electron chi connectivity index (χ0n) is 9.56. The summed E-state index contributed by atoms with van der Waals surface area (Å²) in [6, 6.07) is 8.89. The molecule has 0 spiro atoms. The molecule has 4 nitrogen and oxygen atoms in total. The second-order valence-corrected chi connectivity index (χ2v) is 4.19. The molecule has 1 heterocycles. The third kappa shape index (κ3) is 2.99. The molecule has 92 valence electrons. The van der Waals surface area contributed by atoms with Gasteiger partial charge in [0.1, 0.15) is 0 Å². The van der Waals surface area contributed by atoms with Crippen LogP contribution >= 0.6 is 11.6 Å². The first-order valence-corrected chi connectivity index (χ1v) is 5.77. The van der Waals surface area contributed by atoms with E-state index in [0.717, 1.165) is 5.56 Å². The molecule has 1 aromatic carbocycles. The van der Waals surface area contributed by atoms with Crippen LogP contribution in [-0.2, 0) is 11.2 Å². The van der Waals surface area contributed by atoms with E-state index in [9.17, 15) is 4.79 Å². The quantitative estimate of drug-likeness (QED) is 0.892. The lowest BCUT2D eigenvalue weighted by atomic mass is 10.1. The number of nitrogens with two attached hydrogens (primary N) is 1. The van der Waals surface area contributed by atoms with Crippen molar-refractivity contribution in [1.82, 2.24) is 4.98 Å². The Labute approximate surface area is 110 Å². The van der Waals surface area contributed by atoms with Gasteiger partial charge in [-0.1, -0.05) is 29.8 Å². The Morgan fingerprint density at radius 1 is 1.33 bits per heavy atom. The van der Waals surface area contributed by atoms with Crippen molar-refractivity contribution in [3.8, 4) is 0 Å². The van der Waals surface area contributed by atoms with Crippen molar-refractivity contribution in [2.45, 2.75) is 6.42 Å². The Morgan fingerprint density at radius 3 is 2.83 bits per heavy atom. The van der Waals surface area contributed by atoms with Crippen LogP contribution in [0.4, 0.5) is 11.4 Å². The molecule has 0 saturated heterocycles. The number of carbonyl (C=O) groups excluding carboxylic acids is 1. The number of aromatic nitrogens is 1. The SMILES string of the molecule is Nc1cnccc1NC(=O)Cc1ccccc1Cl. The number of nitrogen functional groups attached to an aromatic ring is 1. The number of carbonyl (C=O) groups is 1.